The number of rotatable bonds is 0. The second-order valence-electron chi connectivity index (χ2n) is 2.40. The summed E-state index contributed by atoms with van der Waals surface area (Å²) in [5.41, 5.74) is 0.885. The van der Waals surface area contributed by atoms with Crippen molar-refractivity contribution in [1.82, 2.24) is 5.32 Å². The van der Waals surface area contributed by atoms with Crippen molar-refractivity contribution in [3.8, 4) is 0 Å². The fraction of sp³-hybridized carbons (Fsp3) is 0.143. The van der Waals surface area contributed by atoms with Crippen LogP contribution in [-0.4, -0.2) is 23.9 Å². The Hall–Kier alpha value is -1.78. The van der Waals surface area contributed by atoms with E-state index in [1.165, 1.54) is 6.20 Å². The number of amides is 3. The monoisotopic (exact) mass is 163 g/mol. The Morgan fingerprint density at radius 2 is 2.25 bits per heavy atom. The fourth-order valence-electron chi connectivity index (χ4n) is 1.06. The molecule has 2 heterocycles. The van der Waals surface area contributed by atoms with E-state index < -0.39 is 11.9 Å². The first-order valence-electron chi connectivity index (χ1n) is 3.42. The standard InChI is InChI=1S/C7H5N3O2/c11-6-4-3-8-2-1-5(4)9-7(12)10-6/h2-3H,1H2,(H,10,11,12). The van der Waals surface area contributed by atoms with Gasteiger partial charge in [-0.3, -0.25) is 15.1 Å². The molecule has 5 nitrogen and oxygen atoms in total. The van der Waals surface area contributed by atoms with Gasteiger partial charge in [0.15, 0.2) is 0 Å². The summed E-state index contributed by atoms with van der Waals surface area (Å²) in [5.74, 6) is -0.415. The number of aliphatic imine (C=N–C) groups is 2. The van der Waals surface area contributed by atoms with Crippen LogP contribution in [-0.2, 0) is 4.79 Å². The number of imide groups is 1. The molecule has 0 saturated heterocycles. The molecule has 0 saturated carbocycles. The molecule has 0 atom stereocenters. The molecule has 60 valence electrons. The van der Waals surface area contributed by atoms with Crippen molar-refractivity contribution in [3.05, 3.63) is 11.8 Å². The first kappa shape index (κ1) is 6.90. The average Bonchev–Trinajstić information content (AvgIpc) is 2.04. The Balaban J connectivity index is 2.49. The van der Waals surface area contributed by atoms with Crippen LogP contribution in [0.2, 0.25) is 0 Å². The molecule has 0 fully saturated rings. The Kier molecular flexibility index (Phi) is 1.36. The Morgan fingerprint density at radius 1 is 1.42 bits per heavy atom. The van der Waals surface area contributed by atoms with Gasteiger partial charge in [0.25, 0.3) is 5.91 Å². The predicted molar refractivity (Wildman–Crippen MR) is 42.2 cm³/mol. The quantitative estimate of drug-likeness (QED) is 0.547. The van der Waals surface area contributed by atoms with Crippen LogP contribution in [0.1, 0.15) is 6.42 Å². The fourth-order valence-corrected chi connectivity index (χ4v) is 1.06. The zero-order valence-corrected chi connectivity index (χ0v) is 6.07. The van der Waals surface area contributed by atoms with Gasteiger partial charge in [0.2, 0.25) is 0 Å². The second kappa shape index (κ2) is 2.37. The molecule has 2 aliphatic heterocycles. The van der Waals surface area contributed by atoms with E-state index in [4.69, 9.17) is 0 Å². The van der Waals surface area contributed by atoms with Gasteiger partial charge in [-0.25, -0.2) is 4.79 Å². The smallest absolute Gasteiger partial charge is 0.272 e. The van der Waals surface area contributed by atoms with Crippen LogP contribution in [0.25, 0.3) is 0 Å². The minimum atomic E-state index is -0.595. The summed E-state index contributed by atoms with van der Waals surface area (Å²) in [5, 5.41) is 2.07. The summed E-state index contributed by atoms with van der Waals surface area (Å²) < 4.78 is 0. The molecule has 0 bridgehead atoms. The lowest BCUT2D eigenvalue weighted by Crippen LogP contribution is -2.38. The van der Waals surface area contributed by atoms with Gasteiger partial charge in [-0.15, -0.1) is 0 Å². The van der Waals surface area contributed by atoms with Crippen LogP contribution in [0.3, 0.4) is 0 Å². The number of fused-ring (bicyclic) bond motifs is 1. The number of hydrogen-bond donors (Lipinski definition) is 1. The highest BCUT2D eigenvalue weighted by molar-refractivity contribution is 6.32. The van der Waals surface area contributed by atoms with Crippen LogP contribution in [0.5, 0.6) is 0 Å². The Morgan fingerprint density at radius 3 is 3.08 bits per heavy atom. The first-order chi connectivity index (χ1) is 5.77. The van der Waals surface area contributed by atoms with Crippen molar-refractivity contribution >= 4 is 23.9 Å². The number of nitrogens with zero attached hydrogens (tertiary/aromatic N) is 2. The molecule has 1 N–H and O–H groups in total. The van der Waals surface area contributed by atoms with E-state index in [1.807, 2.05) is 0 Å². The molecule has 2 rings (SSSR count). The van der Waals surface area contributed by atoms with Crippen LogP contribution in [0.4, 0.5) is 4.79 Å². The van der Waals surface area contributed by atoms with Crippen LogP contribution in [0, 0.1) is 0 Å². The molecule has 0 radical (unpaired) electrons. The topological polar surface area (TPSA) is 70.9 Å². The maximum atomic E-state index is 11.1. The number of carbonyl (C=O) groups excluding carboxylic acids is 2. The number of hydrogen-bond acceptors (Lipinski definition) is 3. The Labute approximate surface area is 67.9 Å². The lowest BCUT2D eigenvalue weighted by molar-refractivity contribution is -0.116. The molecule has 0 aromatic rings. The maximum Gasteiger partial charge on any atom is 0.348 e. The molecular formula is C7H5N3O2. The molecule has 0 aromatic heterocycles. The molecule has 0 aliphatic carbocycles. The maximum absolute atomic E-state index is 11.1. The van der Waals surface area contributed by atoms with Gasteiger partial charge in [-0.05, 0) is 0 Å². The molecule has 5 heteroatoms. The van der Waals surface area contributed by atoms with E-state index in [9.17, 15) is 9.59 Å². The third-order valence-corrected chi connectivity index (χ3v) is 1.61. The van der Waals surface area contributed by atoms with E-state index in [0.717, 1.165) is 0 Å². The van der Waals surface area contributed by atoms with Gasteiger partial charge in [0.05, 0.1) is 11.3 Å². The van der Waals surface area contributed by atoms with Gasteiger partial charge in [0.1, 0.15) is 0 Å². The van der Waals surface area contributed by atoms with Gasteiger partial charge in [-0.2, -0.15) is 4.99 Å². The van der Waals surface area contributed by atoms with Crippen molar-refractivity contribution < 1.29 is 9.59 Å². The summed E-state index contributed by atoms with van der Waals surface area (Å²) >= 11 is 0. The van der Waals surface area contributed by atoms with Gasteiger partial charge < -0.3 is 0 Å². The van der Waals surface area contributed by atoms with Gasteiger partial charge in [-0.1, -0.05) is 0 Å². The van der Waals surface area contributed by atoms with Crippen LogP contribution in [0.15, 0.2) is 21.8 Å². The van der Waals surface area contributed by atoms with E-state index in [1.54, 1.807) is 6.21 Å². The summed E-state index contributed by atoms with van der Waals surface area (Å²) in [4.78, 5) is 29.3. The Bertz CT molecular complexity index is 352. The minimum Gasteiger partial charge on any atom is -0.272 e. The molecular weight excluding hydrogens is 158 g/mol. The SMILES string of the molecule is O=C1N=C2CC=NC=C2C(=O)N1. The summed E-state index contributed by atoms with van der Waals surface area (Å²) in [6.07, 6.45) is 3.46. The third-order valence-electron chi connectivity index (χ3n) is 1.61. The minimum absolute atomic E-state index is 0.386. The second-order valence-corrected chi connectivity index (χ2v) is 2.40. The summed E-state index contributed by atoms with van der Waals surface area (Å²) in [7, 11) is 0. The van der Waals surface area contributed by atoms with Gasteiger partial charge in [0, 0.05) is 18.8 Å². The molecule has 0 unspecified atom stereocenters. The van der Waals surface area contributed by atoms with Crippen LogP contribution >= 0.6 is 0 Å². The predicted octanol–water partition coefficient (Wildman–Crippen LogP) is 0.0356. The van der Waals surface area contributed by atoms with Crippen molar-refractivity contribution in [2.24, 2.45) is 9.98 Å². The van der Waals surface area contributed by atoms with Crippen molar-refractivity contribution in [1.29, 1.82) is 0 Å². The largest absolute Gasteiger partial charge is 0.348 e. The first-order valence-corrected chi connectivity index (χ1v) is 3.42. The molecule has 0 spiro atoms. The molecule has 2 aliphatic rings. The van der Waals surface area contributed by atoms with E-state index in [2.05, 4.69) is 15.3 Å². The van der Waals surface area contributed by atoms with Crippen molar-refractivity contribution in [2.45, 2.75) is 6.42 Å². The lowest BCUT2D eigenvalue weighted by Gasteiger charge is -2.14. The van der Waals surface area contributed by atoms with E-state index >= 15 is 0 Å². The van der Waals surface area contributed by atoms with Gasteiger partial charge >= 0.3 is 6.03 Å². The summed E-state index contributed by atoms with van der Waals surface area (Å²) in [6, 6.07) is -0.595. The molecule has 12 heavy (non-hydrogen) atoms. The highest BCUT2D eigenvalue weighted by Gasteiger charge is 2.24. The normalized spacial score (nSPS) is 21.0. The lowest BCUT2D eigenvalue weighted by atomic mass is 10.1. The van der Waals surface area contributed by atoms with Crippen molar-refractivity contribution in [3.63, 3.8) is 0 Å². The average molecular weight is 163 g/mol. The highest BCUT2D eigenvalue weighted by atomic mass is 16.2. The number of urea groups is 1. The number of carbonyl (C=O) groups is 2. The highest BCUT2D eigenvalue weighted by Crippen LogP contribution is 2.10. The van der Waals surface area contributed by atoms with Crippen LogP contribution < -0.4 is 5.32 Å². The summed E-state index contributed by atoms with van der Waals surface area (Å²) in [6.45, 7) is 0. The zero-order valence-electron chi connectivity index (χ0n) is 6.07. The van der Waals surface area contributed by atoms with E-state index in [-0.39, 0.29) is 0 Å². The van der Waals surface area contributed by atoms with Crippen molar-refractivity contribution in [2.75, 3.05) is 0 Å². The number of nitrogens with one attached hydrogen (secondary N) is 1. The third kappa shape index (κ3) is 0.952. The zero-order chi connectivity index (χ0) is 8.55. The van der Waals surface area contributed by atoms with E-state index in [0.29, 0.717) is 17.7 Å². The molecule has 3 amide bonds. The molecule has 0 aromatic carbocycles.